The highest BCUT2D eigenvalue weighted by molar-refractivity contribution is 7.45. The molecule has 21 heavy (non-hydrogen) atoms. The molecule has 1 rings (SSSR count). The molecule has 0 bridgehead atoms. The molecule has 116 valence electrons. The predicted octanol–water partition coefficient (Wildman–Crippen LogP) is 5.39. The van der Waals surface area contributed by atoms with Crippen LogP contribution in [0.3, 0.4) is 0 Å². The number of hydrogen-bond acceptors (Lipinski definition) is 2. The second kappa shape index (κ2) is 7.31. The third-order valence-electron chi connectivity index (χ3n) is 3.56. The molecule has 2 nitrogen and oxygen atoms in total. The topological polar surface area (TPSA) is 34.1 Å². The molecule has 0 heterocycles. The van der Waals surface area contributed by atoms with Gasteiger partial charge in [0.05, 0.1) is 0 Å². The molecule has 0 aromatic heterocycles. The summed E-state index contributed by atoms with van der Waals surface area (Å²) in [5, 5.41) is 0. The molecule has 0 aliphatic heterocycles. The van der Waals surface area contributed by atoms with E-state index >= 15 is 0 Å². The summed E-state index contributed by atoms with van der Waals surface area (Å²) in [5.74, 6) is 0.411. The molecule has 1 aromatic carbocycles. The Bertz CT molecular complexity index is 506. The van der Waals surface area contributed by atoms with Crippen LogP contribution in [-0.2, 0) is 4.57 Å². The second-order valence-corrected chi connectivity index (χ2v) is 9.03. The van der Waals surface area contributed by atoms with Gasteiger partial charge >= 0.3 is 7.80 Å². The average molecular weight is 307 g/mol. The van der Waals surface area contributed by atoms with E-state index in [9.17, 15) is 9.36 Å². The Labute approximate surface area is 130 Å². The van der Waals surface area contributed by atoms with E-state index in [2.05, 4.69) is 27.7 Å². The van der Waals surface area contributed by atoms with E-state index in [-0.39, 0.29) is 17.4 Å². The van der Waals surface area contributed by atoms with E-state index in [1.165, 1.54) is 0 Å². The zero-order valence-corrected chi connectivity index (χ0v) is 15.1. The Morgan fingerprint density at radius 2 is 1.71 bits per heavy atom. The fraction of sp³-hybridized carbons (Fsp3) is 0.611. The lowest BCUT2D eigenvalue weighted by molar-refractivity contribution is 0.102. The zero-order chi connectivity index (χ0) is 16.2. The third-order valence-corrected chi connectivity index (χ3v) is 5.23. The summed E-state index contributed by atoms with van der Waals surface area (Å²) in [6.45, 7) is 12.6. The number of rotatable bonds is 6. The van der Waals surface area contributed by atoms with Gasteiger partial charge in [-0.25, -0.2) is 0 Å². The van der Waals surface area contributed by atoms with Crippen molar-refractivity contribution in [1.29, 1.82) is 0 Å². The van der Waals surface area contributed by atoms with Crippen LogP contribution in [-0.4, -0.2) is 18.1 Å². The van der Waals surface area contributed by atoms with Crippen LogP contribution in [0.15, 0.2) is 18.2 Å². The van der Waals surface area contributed by atoms with Crippen LogP contribution >= 0.6 is 7.80 Å². The van der Waals surface area contributed by atoms with Gasteiger partial charge in [-0.05, 0) is 36.8 Å². The van der Waals surface area contributed by atoms with Crippen molar-refractivity contribution in [3.63, 3.8) is 0 Å². The third kappa shape index (κ3) is 6.09. The molecule has 0 N–H and O–H groups in total. The number of carbonyl (C=O) groups is 1. The zero-order valence-electron chi connectivity index (χ0n) is 14.2. The first kappa shape index (κ1) is 18.0. The van der Waals surface area contributed by atoms with Gasteiger partial charge in [-0.15, -0.1) is 0 Å². The van der Waals surface area contributed by atoms with E-state index < -0.39 is 7.80 Å². The normalized spacial score (nSPS) is 13.9. The molecule has 0 aliphatic carbocycles. The lowest BCUT2D eigenvalue weighted by atomic mass is 9.86. The van der Waals surface area contributed by atoms with Crippen molar-refractivity contribution < 1.29 is 9.36 Å². The summed E-state index contributed by atoms with van der Waals surface area (Å²) >= 11 is 0. The molecule has 0 fully saturated rings. The largest absolute Gasteiger partial charge is 0.347 e. The molecule has 1 aromatic rings. The van der Waals surface area contributed by atoms with E-state index in [4.69, 9.17) is 0 Å². The first-order valence-electron chi connectivity index (χ1n) is 7.61. The molecule has 3 heteroatoms. The maximum atomic E-state index is 12.4. The van der Waals surface area contributed by atoms with Gasteiger partial charge in [0.1, 0.15) is 6.16 Å². The molecule has 0 spiro atoms. The lowest BCUT2D eigenvalue weighted by Crippen LogP contribution is -2.14. The minimum absolute atomic E-state index is 0.0228. The van der Waals surface area contributed by atoms with Crippen molar-refractivity contribution in [2.45, 2.75) is 48.0 Å². The standard InChI is InChI=1S/C18H28O2P/c1-13(10-18(4,5)6)11-21(20)12-16(19)17-14(2)8-7-9-15(17)3/h7-9,13H,10-12H2,1-6H3/q+1. The summed E-state index contributed by atoms with van der Waals surface area (Å²) < 4.78 is 12.3. The Balaban J connectivity index is 2.65. The van der Waals surface area contributed by atoms with Crippen LogP contribution in [0.5, 0.6) is 0 Å². The molecular weight excluding hydrogens is 279 g/mol. The molecular formula is C18H28O2P+. The molecule has 0 radical (unpaired) electrons. The minimum atomic E-state index is -1.46. The number of ketones is 1. The van der Waals surface area contributed by atoms with Crippen LogP contribution < -0.4 is 0 Å². The maximum Gasteiger partial charge on any atom is 0.347 e. The van der Waals surface area contributed by atoms with Gasteiger partial charge in [0.2, 0.25) is 11.9 Å². The van der Waals surface area contributed by atoms with Gasteiger partial charge in [-0.2, -0.15) is 0 Å². The van der Waals surface area contributed by atoms with E-state index in [0.29, 0.717) is 12.1 Å². The number of hydrogen-bond donors (Lipinski definition) is 0. The van der Waals surface area contributed by atoms with Crippen molar-refractivity contribution in [2.24, 2.45) is 11.3 Å². The van der Waals surface area contributed by atoms with Gasteiger partial charge in [-0.1, -0.05) is 50.5 Å². The minimum Gasteiger partial charge on any atom is -0.289 e. The van der Waals surface area contributed by atoms with Crippen molar-refractivity contribution >= 4 is 13.6 Å². The van der Waals surface area contributed by atoms with Crippen LogP contribution in [0.1, 0.15) is 55.6 Å². The highest BCUT2D eigenvalue weighted by Crippen LogP contribution is 2.32. The summed E-state index contributed by atoms with van der Waals surface area (Å²) in [5.41, 5.74) is 2.95. The number of Topliss-reactive ketones (excluding diaryl/α,β-unsaturated/α-hetero) is 1. The van der Waals surface area contributed by atoms with Crippen LogP contribution in [0, 0.1) is 25.2 Å². The number of aryl methyl sites for hydroxylation is 2. The fourth-order valence-corrected chi connectivity index (χ4v) is 4.45. The fourth-order valence-electron chi connectivity index (χ4n) is 3.02. The van der Waals surface area contributed by atoms with Gasteiger partial charge in [0.15, 0.2) is 0 Å². The predicted molar refractivity (Wildman–Crippen MR) is 90.8 cm³/mol. The molecule has 2 unspecified atom stereocenters. The highest BCUT2D eigenvalue weighted by atomic mass is 31.1. The smallest absolute Gasteiger partial charge is 0.289 e. The van der Waals surface area contributed by atoms with E-state index in [1.807, 2.05) is 32.0 Å². The van der Waals surface area contributed by atoms with Crippen molar-refractivity contribution in [3.8, 4) is 0 Å². The van der Waals surface area contributed by atoms with Crippen LogP contribution in [0.25, 0.3) is 0 Å². The Morgan fingerprint density at radius 1 is 1.19 bits per heavy atom. The quantitative estimate of drug-likeness (QED) is 0.522. The Kier molecular flexibility index (Phi) is 6.28. The molecule has 0 aliphatic rings. The number of benzene rings is 1. The highest BCUT2D eigenvalue weighted by Gasteiger charge is 2.28. The lowest BCUT2D eigenvalue weighted by Gasteiger charge is -2.20. The molecule has 0 saturated heterocycles. The van der Waals surface area contributed by atoms with E-state index in [1.54, 1.807) is 0 Å². The summed E-state index contributed by atoms with van der Waals surface area (Å²) in [7, 11) is -1.46. The monoisotopic (exact) mass is 307 g/mol. The summed E-state index contributed by atoms with van der Waals surface area (Å²) in [6.07, 6.45) is 1.85. The van der Waals surface area contributed by atoms with Crippen LogP contribution in [0.2, 0.25) is 0 Å². The van der Waals surface area contributed by atoms with Crippen LogP contribution in [0.4, 0.5) is 0 Å². The summed E-state index contributed by atoms with van der Waals surface area (Å²) in [4.78, 5) is 12.4. The van der Waals surface area contributed by atoms with Crippen molar-refractivity contribution in [2.75, 3.05) is 12.3 Å². The summed E-state index contributed by atoms with van der Waals surface area (Å²) in [6, 6.07) is 5.83. The first-order chi connectivity index (χ1) is 9.60. The SMILES string of the molecule is Cc1cccc(C)c1C(=O)C[P+](=O)CC(C)CC(C)(C)C. The van der Waals surface area contributed by atoms with Gasteiger partial charge in [-0.3, -0.25) is 4.79 Å². The van der Waals surface area contributed by atoms with Crippen molar-refractivity contribution in [1.82, 2.24) is 0 Å². The Hall–Kier alpha value is -1.01. The van der Waals surface area contributed by atoms with Crippen molar-refractivity contribution in [3.05, 3.63) is 34.9 Å². The Morgan fingerprint density at radius 3 is 2.19 bits per heavy atom. The first-order valence-corrected chi connectivity index (χ1v) is 9.24. The average Bonchev–Trinajstić information content (AvgIpc) is 2.24. The van der Waals surface area contributed by atoms with Gasteiger partial charge in [0, 0.05) is 11.5 Å². The van der Waals surface area contributed by atoms with Gasteiger partial charge < -0.3 is 0 Å². The molecule has 2 atom stereocenters. The number of carbonyl (C=O) groups excluding carboxylic acids is 1. The maximum absolute atomic E-state index is 12.4. The molecule has 0 amide bonds. The molecule has 0 saturated carbocycles. The van der Waals surface area contributed by atoms with Gasteiger partial charge in [0.25, 0.3) is 0 Å². The second-order valence-electron chi connectivity index (χ2n) is 7.38. The van der Waals surface area contributed by atoms with E-state index in [0.717, 1.165) is 23.1 Å².